The van der Waals surface area contributed by atoms with Gasteiger partial charge in [-0.15, -0.1) is 0 Å². The lowest BCUT2D eigenvalue weighted by molar-refractivity contribution is -0.384. The molecule has 2 atom stereocenters. The van der Waals surface area contributed by atoms with Crippen LogP contribution in [0.15, 0.2) is 24.3 Å². The van der Waals surface area contributed by atoms with Crippen LogP contribution in [0.5, 0.6) is 0 Å². The minimum Gasteiger partial charge on any atom is -0.303 e. The first kappa shape index (κ1) is 19.8. The maximum Gasteiger partial charge on any atom is 0.269 e. The van der Waals surface area contributed by atoms with Crippen LogP contribution in [0.3, 0.4) is 0 Å². The number of nitrogens with zero attached hydrogens (tertiary/aromatic N) is 2. The summed E-state index contributed by atoms with van der Waals surface area (Å²) in [6.45, 7) is 7.93. The molecule has 0 amide bonds. The summed E-state index contributed by atoms with van der Waals surface area (Å²) < 4.78 is 26.9. The molecule has 0 bridgehead atoms. The molecule has 0 radical (unpaired) electrons. The Hall–Kier alpha value is -1.51. The Morgan fingerprint density at radius 3 is 2.60 bits per heavy atom. The van der Waals surface area contributed by atoms with Crippen molar-refractivity contribution in [3.05, 3.63) is 39.9 Å². The van der Waals surface area contributed by atoms with Crippen molar-refractivity contribution in [3.63, 3.8) is 0 Å². The predicted octanol–water partition coefficient (Wildman–Crippen LogP) is 2.38. The fourth-order valence-corrected chi connectivity index (χ4v) is 4.71. The molecule has 1 aliphatic rings. The van der Waals surface area contributed by atoms with Gasteiger partial charge < -0.3 is 4.90 Å². The van der Waals surface area contributed by atoms with Gasteiger partial charge in [-0.05, 0) is 36.8 Å². The van der Waals surface area contributed by atoms with Crippen LogP contribution >= 0.6 is 0 Å². The first-order chi connectivity index (χ1) is 11.7. The van der Waals surface area contributed by atoms with E-state index in [4.69, 9.17) is 0 Å². The van der Waals surface area contributed by atoms with Crippen LogP contribution in [0.25, 0.3) is 0 Å². The topological polar surface area (TPSA) is 92.6 Å². The van der Waals surface area contributed by atoms with E-state index in [2.05, 4.69) is 23.5 Å². The van der Waals surface area contributed by atoms with Crippen LogP contribution in [-0.4, -0.2) is 44.4 Å². The highest BCUT2D eigenvalue weighted by Gasteiger charge is 2.21. The molecule has 7 nitrogen and oxygen atoms in total. The molecular formula is C17H27N3O4S. The van der Waals surface area contributed by atoms with Gasteiger partial charge in [0.2, 0.25) is 10.0 Å². The molecule has 1 aliphatic heterocycles. The summed E-state index contributed by atoms with van der Waals surface area (Å²) >= 11 is 0. The summed E-state index contributed by atoms with van der Waals surface area (Å²) in [5, 5.41) is 10.8. The zero-order valence-electron chi connectivity index (χ0n) is 14.8. The summed E-state index contributed by atoms with van der Waals surface area (Å²) in [6, 6.07) is 5.74. The van der Waals surface area contributed by atoms with E-state index in [0.29, 0.717) is 23.9 Å². The highest BCUT2D eigenvalue weighted by atomic mass is 32.2. The van der Waals surface area contributed by atoms with Gasteiger partial charge >= 0.3 is 0 Å². The van der Waals surface area contributed by atoms with Gasteiger partial charge in [-0.2, -0.15) is 0 Å². The van der Waals surface area contributed by atoms with Gasteiger partial charge in [0, 0.05) is 31.8 Å². The van der Waals surface area contributed by atoms with E-state index >= 15 is 0 Å². The lowest BCUT2D eigenvalue weighted by Gasteiger charge is -2.34. The summed E-state index contributed by atoms with van der Waals surface area (Å²) in [6.07, 6.45) is 2.01. The molecule has 0 aliphatic carbocycles. The number of rotatable bonds is 8. The van der Waals surface area contributed by atoms with Crippen molar-refractivity contribution in [3.8, 4) is 0 Å². The van der Waals surface area contributed by atoms with Crippen LogP contribution in [0.2, 0.25) is 0 Å². The Bertz CT molecular complexity index is 683. The fourth-order valence-electron chi connectivity index (χ4n) is 3.54. The van der Waals surface area contributed by atoms with Crippen LogP contribution in [0.1, 0.15) is 32.3 Å². The van der Waals surface area contributed by atoms with Crippen molar-refractivity contribution in [2.75, 3.05) is 26.2 Å². The average Bonchev–Trinajstić information content (AvgIpc) is 2.50. The number of hydrogen-bond acceptors (Lipinski definition) is 5. The van der Waals surface area contributed by atoms with E-state index in [1.165, 1.54) is 24.6 Å². The van der Waals surface area contributed by atoms with Gasteiger partial charge in [0.15, 0.2) is 0 Å². The minimum absolute atomic E-state index is 0.0963. The SMILES string of the molecule is C[C@@H]1C[C@@H](C)CN(CCCNS(=O)(=O)Cc2cccc([N+](=O)[O-])c2)C1. The number of hydrogen-bond donors (Lipinski definition) is 1. The smallest absolute Gasteiger partial charge is 0.269 e. The minimum atomic E-state index is -3.49. The lowest BCUT2D eigenvalue weighted by atomic mass is 9.92. The largest absolute Gasteiger partial charge is 0.303 e. The monoisotopic (exact) mass is 369 g/mol. The first-order valence-electron chi connectivity index (χ1n) is 8.68. The number of likely N-dealkylation sites (tertiary alicyclic amines) is 1. The summed E-state index contributed by atoms with van der Waals surface area (Å²) in [7, 11) is -3.49. The van der Waals surface area contributed by atoms with Gasteiger partial charge in [0.05, 0.1) is 10.7 Å². The standard InChI is InChI=1S/C17H27N3O4S/c1-14-9-15(2)12-19(11-14)8-4-7-18-25(23,24)13-16-5-3-6-17(10-16)20(21)22/h3,5-6,10,14-15,18H,4,7-9,11-13H2,1-2H3/t14-,15-/m1/s1. The Balaban J connectivity index is 1.78. The lowest BCUT2D eigenvalue weighted by Crippen LogP contribution is -2.40. The maximum atomic E-state index is 12.1. The van der Waals surface area contributed by atoms with Gasteiger partial charge in [-0.25, -0.2) is 13.1 Å². The third-order valence-electron chi connectivity index (χ3n) is 4.40. The number of sulfonamides is 1. The van der Waals surface area contributed by atoms with E-state index in [1.807, 2.05) is 0 Å². The fraction of sp³-hybridized carbons (Fsp3) is 0.647. The van der Waals surface area contributed by atoms with Crippen LogP contribution in [0.4, 0.5) is 5.69 Å². The Labute approximate surface area is 149 Å². The van der Waals surface area contributed by atoms with E-state index in [1.54, 1.807) is 6.07 Å². The molecule has 1 N–H and O–H groups in total. The number of benzene rings is 1. The molecule has 1 aromatic carbocycles. The number of non-ortho nitro benzene ring substituents is 1. The molecule has 0 aromatic heterocycles. The molecule has 25 heavy (non-hydrogen) atoms. The molecule has 1 saturated heterocycles. The number of piperidine rings is 1. The van der Waals surface area contributed by atoms with E-state index < -0.39 is 14.9 Å². The molecule has 140 valence electrons. The molecule has 0 saturated carbocycles. The predicted molar refractivity (Wildman–Crippen MR) is 97.7 cm³/mol. The van der Waals surface area contributed by atoms with Gasteiger partial charge in [0.25, 0.3) is 5.69 Å². The molecule has 0 unspecified atom stereocenters. The van der Waals surface area contributed by atoms with Crippen molar-refractivity contribution in [1.82, 2.24) is 9.62 Å². The molecular weight excluding hydrogens is 342 g/mol. The molecule has 1 fully saturated rings. The molecule has 1 heterocycles. The third kappa shape index (κ3) is 6.72. The highest BCUT2D eigenvalue weighted by Crippen LogP contribution is 2.20. The molecule has 8 heteroatoms. The Morgan fingerprint density at radius 2 is 1.96 bits per heavy atom. The van der Waals surface area contributed by atoms with Crippen molar-refractivity contribution in [1.29, 1.82) is 0 Å². The summed E-state index contributed by atoms with van der Waals surface area (Å²) in [4.78, 5) is 12.6. The number of nitro groups is 1. The van der Waals surface area contributed by atoms with Crippen LogP contribution in [-0.2, 0) is 15.8 Å². The maximum absolute atomic E-state index is 12.1. The second kappa shape index (κ2) is 8.73. The highest BCUT2D eigenvalue weighted by molar-refractivity contribution is 7.88. The zero-order valence-corrected chi connectivity index (χ0v) is 15.7. The van der Waals surface area contributed by atoms with E-state index in [0.717, 1.165) is 26.1 Å². The molecule has 0 spiro atoms. The zero-order chi connectivity index (χ0) is 18.4. The number of nitrogens with one attached hydrogen (secondary N) is 1. The van der Waals surface area contributed by atoms with Crippen molar-refractivity contribution in [2.24, 2.45) is 11.8 Å². The second-order valence-electron chi connectivity index (χ2n) is 7.14. The average molecular weight is 369 g/mol. The van der Waals surface area contributed by atoms with Gasteiger partial charge in [-0.3, -0.25) is 10.1 Å². The first-order valence-corrected chi connectivity index (χ1v) is 10.3. The quantitative estimate of drug-likeness (QED) is 0.431. The second-order valence-corrected chi connectivity index (χ2v) is 8.95. The summed E-state index contributed by atoms with van der Waals surface area (Å²) in [5.41, 5.74) is 0.321. The van der Waals surface area contributed by atoms with E-state index in [-0.39, 0.29) is 11.4 Å². The molecule has 2 rings (SSSR count). The van der Waals surface area contributed by atoms with E-state index in [9.17, 15) is 18.5 Å². The summed E-state index contributed by atoms with van der Waals surface area (Å²) in [5.74, 6) is 1.13. The third-order valence-corrected chi connectivity index (χ3v) is 5.75. The van der Waals surface area contributed by atoms with Crippen molar-refractivity contribution >= 4 is 15.7 Å². The Morgan fingerprint density at radius 1 is 1.28 bits per heavy atom. The molecule has 1 aromatic rings. The number of nitro benzene ring substituents is 1. The normalized spacial score (nSPS) is 22.0. The van der Waals surface area contributed by atoms with Gasteiger partial charge in [-0.1, -0.05) is 26.0 Å². The van der Waals surface area contributed by atoms with Crippen molar-refractivity contribution < 1.29 is 13.3 Å². The van der Waals surface area contributed by atoms with Crippen LogP contribution in [0, 0.1) is 22.0 Å². The van der Waals surface area contributed by atoms with Gasteiger partial charge in [0.1, 0.15) is 0 Å². The Kier molecular flexibility index (Phi) is 6.92. The van der Waals surface area contributed by atoms with Crippen molar-refractivity contribution in [2.45, 2.75) is 32.4 Å². The van der Waals surface area contributed by atoms with Crippen LogP contribution < -0.4 is 4.72 Å².